The fourth-order valence-corrected chi connectivity index (χ4v) is 9.72. The zero-order valence-electron chi connectivity index (χ0n) is 42.1. The highest BCUT2D eigenvalue weighted by Gasteiger charge is 2.26. The number of hydrogen-bond acceptors (Lipinski definition) is 8. The minimum atomic E-state index is -0.377. The van der Waals surface area contributed by atoms with E-state index < -0.39 is 0 Å². The van der Waals surface area contributed by atoms with Crippen LogP contribution in [0.3, 0.4) is 0 Å². The predicted octanol–water partition coefficient (Wildman–Crippen LogP) is 16.2. The molecule has 0 unspecified atom stereocenters. The first kappa shape index (κ1) is 53.1. The summed E-state index contributed by atoms with van der Waals surface area (Å²) in [4.78, 5) is 35.5. The van der Waals surface area contributed by atoms with E-state index in [1.807, 2.05) is 85.2 Å². The first-order valence-corrected chi connectivity index (χ1v) is 27.1. The normalized spacial score (nSPS) is 18.3. The molecular formula is C61H82N2O6. The van der Waals surface area contributed by atoms with Crippen LogP contribution in [0.5, 0.6) is 23.0 Å². The van der Waals surface area contributed by atoms with Crippen LogP contribution in [0.1, 0.15) is 206 Å². The summed E-state index contributed by atoms with van der Waals surface area (Å²) in [7, 11) is 0. The van der Waals surface area contributed by atoms with Crippen LogP contribution in [0.25, 0.3) is 0 Å². The van der Waals surface area contributed by atoms with Gasteiger partial charge in [-0.15, -0.1) is 0 Å². The van der Waals surface area contributed by atoms with Gasteiger partial charge < -0.3 is 18.9 Å². The number of hydrogen-bond donors (Lipinski definition) is 0. The Morgan fingerprint density at radius 1 is 0.420 bits per heavy atom. The Balaban J connectivity index is 0.799. The van der Waals surface area contributed by atoms with E-state index in [9.17, 15) is 9.59 Å². The lowest BCUT2D eigenvalue weighted by Crippen LogP contribution is -2.23. The molecule has 0 bridgehead atoms. The molecule has 4 aromatic rings. The second-order valence-corrected chi connectivity index (χ2v) is 19.8. The number of carbonyl (C=O) groups excluding carboxylic acids is 2. The lowest BCUT2D eigenvalue weighted by Gasteiger charge is -2.32. The lowest BCUT2D eigenvalue weighted by atomic mass is 9.76. The zero-order valence-corrected chi connectivity index (χ0v) is 42.1. The first-order valence-electron chi connectivity index (χ1n) is 27.1. The third-order valence-electron chi connectivity index (χ3n) is 14.1. The number of nitrogens with zero attached hydrogens (tertiary/aromatic N) is 2. The number of carbonyl (C=O) groups is 2. The van der Waals surface area contributed by atoms with Crippen molar-refractivity contribution in [3.05, 3.63) is 119 Å². The van der Waals surface area contributed by atoms with Crippen LogP contribution in [0.15, 0.2) is 107 Å². The molecule has 0 aromatic heterocycles. The second-order valence-electron chi connectivity index (χ2n) is 19.8. The van der Waals surface area contributed by atoms with Crippen LogP contribution >= 0.6 is 0 Å². The predicted molar refractivity (Wildman–Crippen MR) is 283 cm³/mol. The molecule has 372 valence electrons. The van der Waals surface area contributed by atoms with E-state index in [4.69, 9.17) is 28.9 Å². The standard InChI is InChI=1S/C61H82N2O6/c1-3-5-7-9-11-13-15-17-43-66-56-39-27-52(28-40-56)60(64)68-58-35-23-50(24-36-58)46-62-54-31-19-48(20-32-54)45-49-21-33-55(34-22-49)63-47-51-25-37-59(38-26-51)69-61(65)53-29-41-57(42-30-53)67-44-18-16-14-12-10-8-6-4-2/h23-30,35-42,46-49,54-55H,3-22,31-34,43-45H2,1-2H3. The molecule has 0 spiro atoms. The van der Waals surface area contributed by atoms with Crippen molar-refractivity contribution in [2.75, 3.05) is 13.2 Å². The summed E-state index contributed by atoms with van der Waals surface area (Å²) >= 11 is 0. The van der Waals surface area contributed by atoms with Crippen LogP contribution in [0.2, 0.25) is 0 Å². The average Bonchev–Trinajstić information content (AvgIpc) is 3.38. The fraction of sp³-hybridized carbons (Fsp3) is 0.541. The molecule has 0 radical (unpaired) electrons. The van der Waals surface area contributed by atoms with Gasteiger partial charge in [0.25, 0.3) is 0 Å². The molecule has 2 aliphatic rings. The summed E-state index contributed by atoms with van der Waals surface area (Å²) in [5.74, 6) is 3.43. The summed E-state index contributed by atoms with van der Waals surface area (Å²) in [5.41, 5.74) is 3.03. The summed E-state index contributed by atoms with van der Waals surface area (Å²) in [6.07, 6.45) is 35.1. The largest absolute Gasteiger partial charge is 0.494 e. The minimum Gasteiger partial charge on any atom is -0.494 e. The smallest absolute Gasteiger partial charge is 0.343 e. The second kappa shape index (κ2) is 31.1. The van der Waals surface area contributed by atoms with Gasteiger partial charge in [0.1, 0.15) is 23.0 Å². The average molecular weight is 939 g/mol. The maximum absolute atomic E-state index is 12.8. The highest BCUT2D eigenvalue weighted by atomic mass is 16.5. The van der Waals surface area contributed by atoms with Crippen molar-refractivity contribution in [3.8, 4) is 23.0 Å². The molecule has 0 amide bonds. The van der Waals surface area contributed by atoms with Gasteiger partial charge in [0.2, 0.25) is 0 Å². The molecule has 6 rings (SSSR count). The highest BCUT2D eigenvalue weighted by Crippen LogP contribution is 2.37. The van der Waals surface area contributed by atoms with Crippen molar-refractivity contribution in [2.45, 2.75) is 186 Å². The molecule has 0 atom stereocenters. The van der Waals surface area contributed by atoms with Crippen molar-refractivity contribution < 1.29 is 28.5 Å². The van der Waals surface area contributed by atoms with Crippen LogP contribution in [0, 0.1) is 11.8 Å². The number of rotatable bonds is 30. The van der Waals surface area contributed by atoms with E-state index in [1.54, 1.807) is 24.3 Å². The Labute approximate surface area is 415 Å². The summed E-state index contributed by atoms with van der Waals surface area (Å²) < 4.78 is 23.1. The Morgan fingerprint density at radius 2 is 0.739 bits per heavy atom. The van der Waals surface area contributed by atoms with Crippen LogP contribution < -0.4 is 18.9 Å². The number of benzene rings is 4. The molecule has 2 aliphatic carbocycles. The molecule has 4 aromatic carbocycles. The van der Waals surface area contributed by atoms with E-state index in [1.165, 1.54) is 122 Å². The quantitative estimate of drug-likeness (QED) is 0.0224. The van der Waals surface area contributed by atoms with Gasteiger partial charge in [-0.25, -0.2) is 9.59 Å². The number of aliphatic imine (C=N–C) groups is 2. The zero-order chi connectivity index (χ0) is 48.1. The topological polar surface area (TPSA) is 95.8 Å². The molecule has 8 heteroatoms. The van der Waals surface area contributed by atoms with Crippen molar-refractivity contribution in [1.29, 1.82) is 0 Å². The van der Waals surface area contributed by atoms with E-state index in [-0.39, 0.29) is 11.9 Å². The highest BCUT2D eigenvalue weighted by molar-refractivity contribution is 5.92. The van der Waals surface area contributed by atoms with E-state index in [0.29, 0.717) is 47.9 Å². The van der Waals surface area contributed by atoms with Crippen molar-refractivity contribution in [1.82, 2.24) is 0 Å². The molecule has 0 aliphatic heterocycles. The number of unbranched alkanes of at least 4 members (excludes halogenated alkanes) is 14. The maximum Gasteiger partial charge on any atom is 0.343 e. The van der Waals surface area contributed by atoms with Gasteiger partial charge in [-0.1, -0.05) is 104 Å². The molecular weight excluding hydrogens is 857 g/mol. The van der Waals surface area contributed by atoms with E-state index >= 15 is 0 Å². The molecule has 2 fully saturated rings. The summed E-state index contributed by atoms with van der Waals surface area (Å²) in [6, 6.07) is 30.4. The molecule has 0 saturated heterocycles. The van der Waals surface area contributed by atoms with Crippen molar-refractivity contribution in [3.63, 3.8) is 0 Å². The summed E-state index contributed by atoms with van der Waals surface area (Å²) in [5, 5.41) is 0. The minimum absolute atomic E-state index is 0.365. The SMILES string of the molecule is CCCCCCCCCCOc1ccc(C(=O)Oc2ccc(C=NC3CCC(CC4CCC(N=Cc5ccc(OC(=O)c6ccc(OCCCCCCCCCC)cc6)cc5)CC4)CC3)cc2)cc1. The maximum atomic E-state index is 12.8. The monoisotopic (exact) mass is 939 g/mol. The summed E-state index contributed by atoms with van der Waals surface area (Å²) in [6.45, 7) is 5.90. The molecule has 8 nitrogen and oxygen atoms in total. The van der Waals surface area contributed by atoms with Crippen molar-refractivity contribution in [2.24, 2.45) is 21.8 Å². The van der Waals surface area contributed by atoms with Crippen LogP contribution in [-0.4, -0.2) is 49.7 Å². The van der Waals surface area contributed by atoms with Gasteiger partial charge >= 0.3 is 11.9 Å². The van der Waals surface area contributed by atoms with Gasteiger partial charge in [-0.3, -0.25) is 9.98 Å². The lowest BCUT2D eigenvalue weighted by molar-refractivity contribution is 0.0725. The number of esters is 2. The van der Waals surface area contributed by atoms with Crippen molar-refractivity contribution >= 4 is 24.4 Å². The first-order chi connectivity index (χ1) is 33.9. The van der Waals surface area contributed by atoms with Gasteiger partial charge in [0.15, 0.2) is 0 Å². The third-order valence-corrected chi connectivity index (χ3v) is 14.1. The van der Waals surface area contributed by atoms with Gasteiger partial charge in [0, 0.05) is 24.5 Å². The van der Waals surface area contributed by atoms with E-state index in [2.05, 4.69) is 13.8 Å². The fourth-order valence-electron chi connectivity index (χ4n) is 9.72. The third kappa shape index (κ3) is 20.3. The Bertz CT molecular complexity index is 1930. The molecule has 0 heterocycles. The molecule has 2 saturated carbocycles. The van der Waals surface area contributed by atoms with Gasteiger partial charge in [-0.2, -0.15) is 0 Å². The Kier molecular flexibility index (Phi) is 23.9. The van der Waals surface area contributed by atoms with Gasteiger partial charge in [-0.05, 0) is 191 Å². The van der Waals surface area contributed by atoms with Gasteiger partial charge in [0.05, 0.1) is 24.3 Å². The molecule has 0 N–H and O–H groups in total. The Hall–Kier alpha value is -5.24. The van der Waals surface area contributed by atoms with Crippen LogP contribution in [-0.2, 0) is 0 Å². The molecule has 69 heavy (non-hydrogen) atoms. The Morgan fingerprint density at radius 3 is 1.09 bits per heavy atom. The van der Waals surface area contributed by atoms with Crippen LogP contribution in [0.4, 0.5) is 0 Å². The number of ether oxygens (including phenoxy) is 4. The van der Waals surface area contributed by atoms with E-state index in [0.717, 1.165) is 73.0 Å².